The smallest absolute Gasteiger partial charge is 0.303 e. The summed E-state index contributed by atoms with van der Waals surface area (Å²) in [6.07, 6.45) is 0.598. The molecule has 0 saturated carbocycles. The van der Waals surface area contributed by atoms with Crippen LogP contribution in [0.15, 0.2) is 36.4 Å². The van der Waals surface area contributed by atoms with E-state index in [0.29, 0.717) is 6.42 Å². The second kappa shape index (κ2) is 6.20. The number of aromatic nitrogens is 3. The second-order valence-corrected chi connectivity index (χ2v) is 6.47. The van der Waals surface area contributed by atoms with Gasteiger partial charge in [-0.25, -0.2) is 0 Å². The Bertz CT molecular complexity index is 948. The minimum atomic E-state index is -0.786. The molecule has 0 fully saturated rings. The number of aliphatic carboxylic acids is 1. The molecule has 2 aromatic heterocycles. The summed E-state index contributed by atoms with van der Waals surface area (Å²) in [6.45, 7) is 4.47. The third kappa shape index (κ3) is 3.07. The van der Waals surface area contributed by atoms with Crippen molar-refractivity contribution in [2.75, 3.05) is 11.4 Å². The van der Waals surface area contributed by atoms with Crippen molar-refractivity contribution in [2.45, 2.75) is 32.9 Å². The second-order valence-electron chi connectivity index (χ2n) is 6.47. The standard InChI is InChI=1S/C19H20N4O2/c1-13-10-18(16-4-2-3-5-17(16)20-13)22-8-9-23-15(12-22)11-14(21-23)6-7-19(24)25/h2-5,10-11H,6-9,12H2,1H3,(H,24,25). The van der Waals surface area contributed by atoms with Gasteiger partial charge < -0.3 is 10.0 Å². The van der Waals surface area contributed by atoms with Gasteiger partial charge in [-0.15, -0.1) is 0 Å². The maximum Gasteiger partial charge on any atom is 0.303 e. The Labute approximate surface area is 145 Å². The summed E-state index contributed by atoms with van der Waals surface area (Å²) in [5.41, 5.74) is 5.21. The molecule has 0 spiro atoms. The van der Waals surface area contributed by atoms with Gasteiger partial charge in [0.2, 0.25) is 0 Å². The van der Waals surface area contributed by atoms with Crippen molar-refractivity contribution < 1.29 is 9.90 Å². The molecule has 3 heterocycles. The molecule has 1 aliphatic heterocycles. The van der Waals surface area contributed by atoms with Crippen LogP contribution in [0.5, 0.6) is 0 Å². The minimum Gasteiger partial charge on any atom is -0.481 e. The van der Waals surface area contributed by atoms with Crippen LogP contribution in [0.2, 0.25) is 0 Å². The number of nitrogens with zero attached hydrogens (tertiary/aromatic N) is 4. The van der Waals surface area contributed by atoms with Crippen molar-refractivity contribution in [3.8, 4) is 0 Å². The fraction of sp³-hybridized carbons (Fsp3) is 0.316. The Morgan fingerprint density at radius 1 is 1.24 bits per heavy atom. The topological polar surface area (TPSA) is 71.2 Å². The number of anilines is 1. The van der Waals surface area contributed by atoms with Crippen molar-refractivity contribution in [1.82, 2.24) is 14.8 Å². The summed E-state index contributed by atoms with van der Waals surface area (Å²) in [5.74, 6) is -0.786. The number of fused-ring (bicyclic) bond motifs is 2. The summed E-state index contributed by atoms with van der Waals surface area (Å²) in [6, 6.07) is 12.4. The number of carboxylic acids is 1. The summed E-state index contributed by atoms with van der Waals surface area (Å²) in [4.78, 5) is 17.7. The van der Waals surface area contributed by atoms with Crippen LogP contribution >= 0.6 is 0 Å². The van der Waals surface area contributed by atoms with Crippen molar-refractivity contribution >= 4 is 22.6 Å². The average Bonchev–Trinajstić information content (AvgIpc) is 3.01. The van der Waals surface area contributed by atoms with Crippen molar-refractivity contribution in [2.24, 2.45) is 0 Å². The van der Waals surface area contributed by atoms with Crippen molar-refractivity contribution in [3.63, 3.8) is 0 Å². The molecular formula is C19H20N4O2. The molecule has 0 amide bonds. The molecule has 1 N–H and O–H groups in total. The van der Waals surface area contributed by atoms with E-state index in [1.54, 1.807) is 0 Å². The van der Waals surface area contributed by atoms with Gasteiger partial charge in [-0.05, 0) is 25.1 Å². The Morgan fingerprint density at radius 2 is 2.08 bits per heavy atom. The summed E-state index contributed by atoms with van der Waals surface area (Å²) in [7, 11) is 0. The number of pyridine rings is 1. The number of para-hydroxylation sites is 1. The number of hydrogen-bond donors (Lipinski definition) is 1. The van der Waals surface area contributed by atoms with Crippen LogP contribution in [-0.4, -0.2) is 32.4 Å². The first-order valence-electron chi connectivity index (χ1n) is 8.49. The van der Waals surface area contributed by atoms with Crippen LogP contribution in [0, 0.1) is 6.92 Å². The first kappa shape index (κ1) is 15.6. The third-order valence-electron chi connectivity index (χ3n) is 4.61. The Hall–Kier alpha value is -2.89. The van der Waals surface area contributed by atoms with Crippen molar-refractivity contribution in [1.29, 1.82) is 0 Å². The molecular weight excluding hydrogens is 316 g/mol. The van der Waals surface area contributed by atoms with E-state index < -0.39 is 5.97 Å². The van der Waals surface area contributed by atoms with Gasteiger partial charge in [0.25, 0.3) is 0 Å². The minimum absolute atomic E-state index is 0.119. The maximum absolute atomic E-state index is 10.8. The first-order valence-corrected chi connectivity index (χ1v) is 8.49. The Morgan fingerprint density at radius 3 is 2.92 bits per heavy atom. The Kier molecular flexibility index (Phi) is 3.87. The molecule has 4 rings (SSSR count). The molecule has 1 aromatic carbocycles. The predicted octanol–water partition coefficient (Wildman–Crippen LogP) is 2.78. The van der Waals surface area contributed by atoms with Crippen LogP contribution in [0.4, 0.5) is 5.69 Å². The molecule has 0 radical (unpaired) electrons. The highest BCUT2D eigenvalue weighted by Gasteiger charge is 2.20. The summed E-state index contributed by atoms with van der Waals surface area (Å²) in [5, 5.41) is 14.6. The van der Waals surface area contributed by atoms with Crippen LogP contribution in [0.25, 0.3) is 10.9 Å². The molecule has 25 heavy (non-hydrogen) atoms. The normalized spacial score (nSPS) is 13.9. The monoisotopic (exact) mass is 336 g/mol. The number of carboxylic acid groups (broad SMARTS) is 1. The van der Waals surface area contributed by atoms with Gasteiger partial charge >= 0.3 is 5.97 Å². The molecule has 6 heteroatoms. The van der Waals surface area contributed by atoms with E-state index in [2.05, 4.69) is 27.1 Å². The quantitative estimate of drug-likeness (QED) is 0.793. The van der Waals surface area contributed by atoms with Crippen LogP contribution in [0.3, 0.4) is 0 Å². The molecule has 0 saturated heterocycles. The van der Waals surface area contributed by atoms with Gasteiger partial charge in [0, 0.05) is 29.7 Å². The highest BCUT2D eigenvalue weighted by molar-refractivity contribution is 5.92. The lowest BCUT2D eigenvalue weighted by Crippen LogP contribution is -2.34. The summed E-state index contributed by atoms with van der Waals surface area (Å²) >= 11 is 0. The zero-order valence-corrected chi connectivity index (χ0v) is 14.1. The molecule has 1 aliphatic rings. The number of rotatable bonds is 4. The number of benzene rings is 1. The van der Waals surface area contributed by atoms with Gasteiger partial charge in [-0.2, -0.15) is 5.10 Å². The van der Waals surface area contributed by atoms with Gasteiger partial charge in [-0.3, -0.25) is 14.5 Å². The predicted molar refractivity (Wildman–Crippen MR) is 95.7 cm³/mol. The van der Waals surface area contributed by atoms with Gasteiger partial charge in [-0.1, -0.05) is 18.2 Å². The summed E-state index contributed by atoms with van der Waals surface area (Å²) < 4.78 is 2.00. The molecule has 0 unspecified atom stereocenters. The molecule has 3 aromatic rings. The number of carbonyl (C=O) groups is 1. The number of hydrogen-bond acceptors (Lipinski definition) is 4. The lowest BCUT2D eigenvalue weighted by molar-refractivity contribution is -0.136. The molecule has 0 atom stereocenters. The number of aryl methyl sites for hydroxylation is 2. The SMILES string of the molecule is Cc1cc(N2CCn3nc(CCC(=O)O)cc3C2)c2ccccc2n1. The molecule has 0 aliphatic carbocycles. The highest BCUT2D eigenvalue weighted by atomic mass is 16.4. The molecule has 0 bridgehead atoms. The molecule has 6 nitrogen and oxygen atoms in total. The van der Waals surface area contributed by atoms with Gasteiger partial charge in [0.05, 0.1) is 36.4 Å². The van der Waals surface area contributed by atoms with E-state index in [-0.39, 0.29) is 6.42 Å². The zero-order valence-electron chi connectivity index (χ0n) is 14.1. The van der Waals surface area contributed by atoms with Crippen LogP contribution in [-0.2, 0) is 24.3 Å². The first-order chi connectivity index (χ1) is 12.1. The van der Waals surface area contributed by atoms with Gasteiger partial charge in [0.15, 0.2) is 0 Å². The van der Waals surface area contributed by atoms with E-state index in [0.717, 1.165) is 47.6 Å². The fourth-order valence-electron chi connectivity index (χ4n) is 3.44. The van der Waals surface area contributed by atoms with Gasteiger partial charge in [0.1, 0.15) is 0 Å². The lowest BCUT2D eigenvalue weighted by Gasteiger charge is -2.30. The Balaban J connectivity index is 1.63. The van der Waals surface area contributed by atoms with Crippen LogP contribution in [0.1, 0.15) is 23.5 Å². The highest BCUT2D eigenvalue weighted by Crippen LogP contribution is 2.29. The van der Waals surface area contributed by atoms with Crippen molar-refractivity contribution in [3.05, 3.63) is 53.5 Å². The van der Waals surface area contributed by atoms with E-state index in [4.69, 9.17) is 5.11 Å². The average molecular weight is 336 g/mol. The lowest BCUT2D eigenvalue weighted by atomic mass is 10.1. The molecule has 128 valence electrons. The zero-order chi connectivity index (χ0) is 17.4. The largest absolute Gasteiger partial charge is 0.481 e. The van der Waals surface area contributed by atoms with E-state index in [1.165, 1.54) is 5.69 Å². The van der Waals surface area contributed by atoms with E-state index in [9.17, 15) is 4.79 Å². The third-order valence-corrected chi connectivity index (χ3v) is 4.61. The maximum atomic E-state index is 10.8. The van der Waals surface area contributed by atoms with Crippen LogP contribution < -0.4 is 4.90 Å². The van der Waals surface area contributed by atoms with E-state index >= 15 is 0 Å². The fourth-order valence-corrected chi connectivity index (χ4v) is 3.44. The van der Waals surface area contributed by atoms with E-state index in [1.807, 2.05) is 35.9 Å².